The standard InChI is InChI=1S/C24H34N2O3S/c1-18-16-23(29-4)19(2)20(3)24(18)30(27,28)25-13-10-21-11-14-26(15-12-21)17-22-8-6-5-7-9-22/h5-9,16,21,25H,10-15,17H2,1-4H3. The van der Waals surface area contributed by atoms with Crippen LogP contribution in [-0.4, -0.2) is 40.1 Å². The summed E-state index contributed by atoms with van der Waals surface area (Å²) in [5.74, 6) is 1.30. The van der Waals surface area contributed by atoms with E-state index in [1.54, 1.807) is 13.2 Å². The Labute approximate surface area is 181 Å². The molecule has 0 atom stereocenters. The third-order valence-electron chi connectivity index (χ3n) is 6.27. The third-order valence-corrected chi connectivity index (χ3v) is 8.02. The minimum Gasteiger partial charge on any atom is -0.496 e. The zero-order valence-electron chi connectivity index (χ0n) is 18.6. The Morgan fingerprint density at radius 3 is 2.37 bits per heavy atom. The Balaban J connectivity index is 1.51. The van der Waals surface area contributed by atoms with Gasteiger partial charge in [-0.2, -0.15) is 0 Å². The summed E-state index contributed by atoms with van der Waals surface area (Å²) in [5, 5.41) is 0. The van der Waals surface area contributed by atoms with Crippen LogP contribution in [0.25, 0.3) is 0 Å². The van der Waals surface area contributed by atoms with Crippen molar-refractivity contribution in [3.63, 3.8) is 0 Å². The molecule has 1 fully saturated rings. The van der Waals surface area contributed by atoms with Gasteiger partial charge in [-0.05, 0) is 87.4 Å². The van der Waals surface area contributed by atoms with E-state index in [0.29, 0.717) is 17.4 Å². The van der Waals surface area contributed by atoms with Crippen molar-refractivity contribution in [1.82, 2.24) is 9.62 Å². The number of likely N-dealkylation sites (tertiary alicyclic amines) is 1. The molecule has 0 unspecified atom stereocenters. The first kappa shape index (κ1) is 22.8. The summed E-state index contributed by atoms with van der Waals surface area (Å²) in [6, 6.07) is 12.4. The molecule has 6 heteroatoms. The largest absolute Gasteiger partial charge is 0.496 e. The Morgan fingerprint density at radius 2 is 1.73 bits per heavy atom. The fraction of sp³-hybridized carbons (Fsp3) is 0.500. The van der Waals surface area contributed by atoms with Crippen LogP contribution in [0.4, 0.5) is 0 Å². The zero-order chi connectivity index (χ0) is 21.7. The first-order chi connectivity index (χ1) is 14.3. The van der Waals surface area contributed by atoms with Crippen molar-refractivity contribution in [2.24, 2.45) is 5.92 Å². The average Bonchev–Trinajstić information content (AvgIpc) is 2.72. The molecule has 1 saturated heterocycles. The summed E-state index contributed by atoms with van der Waals surface area (Å²) in [5.41, 5.74) is 3.70. The molecule has 1 aliphatic heterocycles. The molecule has 0 radical (unpaired) electrons. The lowest BCUT2D eigenvalue weighted by atomic mass is 9.93. The average molecular weight is 431 g/mol. The quantitative estimate of drug-likeness (QED) is 0.682. The van der Waals surface area contributed by atoms with Crippen molar-refractivity contribution >= 4 is 10.0 Å². The van der Waals surface area contributed by atoms with Gasteiger partial charge >= 0.3 is 0 Å². The molecule has 0 spiro atoms. The van der Waals surface area contributed by atoms with Gasteiger partial charge in [0, 0.05) is 13.1 Å². The minimum absolute atomic E-state index is 0.387. The number of hydrogen-bond donors (Lipinski definition) is 1. The number of rotatable bonds is 8. The number of methoxy groups -OCH3 is 1. The molecular weight excluding hydrogens is 396 g/mol. The van der Waals surface area contributed by atoms with E-state index in [2.05, 4.69) is 33.9 Å². The Bertz CT molecular complexity index is 950. The Morgan fingerprint density at radius 1 is 1.07 bits per heavy atom. The maximum atomic E-state index is 13.0. The molecule has 3 rings (SSSR count). The second-order valence-corrected chi connectivity index (χ2v) is 10.1. The summed E-state index contributed by atoms with van der Waals surface area (Å²) in [4.78, 5) is 2.88. The number of aryl methyl sites for hydroxylation is 1. The molecule has 1 heterocycles. The van der Waals surface area contributed by atoms with E-state index in [1.807, 2.05) is 26.8 Å². The molecule has 0 amide bonds. The molecule has 0 saturated carbocycles. The van der Waals surface area contributed by atoms with E-state index in [0.717, 1.165) is 61.3 Å². The van der Waals surface area contributed by atoms with E-state index in [9.17, 15) is 8.42 Å². The smallest absolute Gasteiger partial charge is 0.241 e. The van der Waals surface area contributed by atoms with Crippen LogP contribution in [0.2, 0.25) is 0 Å². The number of nitrogens with zero attached hydrogens (tertiary/aromatic N) is 1. The highest BCUT2D eigenvalue weighted by Gasteiger charge is 2.24. The van der Waals surface area contributed by atoms with Crippen LogP contribution in [0.15, 0.2) is 41.3 Å². The molecule has 1 N–H and O–H groups in total. The number of ether oxygens (including phenoxy) is 1. The molecule has 2 aromatic rings. The van der Waals surface area contributed by atoms with Crippen molar-refractivity contribution in [3.8, 4) is 5.75 Å². The van der Waals surface area contributed by atoms with Crippen LogP contribution in [0.5, 0.6) is 5.75 Å². The Hall–Kier alpha value is -1.89. The fourth-order valence-corrected chi connectivity index (χ4v) is 5.96. The number of hydrogen-bond acceptors (Lipinski definition) is 4. The maximum Gasteiger partial charge on any atom is 0.241 e. The van der Waals surface area contributed by atoms with Crippen LogP contribution < -0.4 is 9.46 Å². The number of sulfonamides is 1. The van der Waals surface area contributed by atoms with Crippen LogP contribution in [0.1, 0.15) is 41.5 Å². The van der Waals surface area contributed by atoms with Crippen molar-refractivity contribution in [1.29, 1.82) is 0 Å². The van der Waals surface area contributed by atoms with Crippen molar-refractivity contribution in [3.05, 3.63) is 58.7 Å². The highest BCUT2D eigenvalue weighted by atomic mass is 32.2. The van der Waals surface area contributed by atoms with Crippen molar-refractivity contribution in [2.75, 3.05) is 26.7 Å². The summed E-state index contributed by atoms with van der Waals surface area (Å²) in [6.45, 7) is 9.19. The molecule has 0 aromatic heterocycles. The van der Waals surface area contributed by atoms with Crippen molar-refractivity contribution < 1.29 is 13.2 Å². The van der Waals surface area contributed by atoms with Gasteiger partial charge in [0.25, 0.3) is 0 Å². The van der Waals surface area contributed by atoms with E-state index >= 15 is 0 Å². The van der Waals surface area contributed by atoms with E-state index in [1.165, 1.54) is 5.56 Å². The van der Waals surface area contributed by atoms with Crippen LogP contribution >= 0.6 is 0 Å². The summed E-state index contributed by atoms with van der Waals surface area (Å²) < 4.78 is 34.1. The van der Waals surface area contributed by atoms with Crippen LogP contribution in [0, 0.1) is 26.7 Å². The number of nitrogens with one attached hydrogen (secondary N) is 1. The van der Waals surface area contributed by atoms with Crippen LogP contribution in [0.3, 0.4) is 0 Å². The predicted octanol–water partition coefficient (Wildman–Crippen LogP) is 4.20. The lowest BCUT2D eigenvalue weighted by Crippen LogP contribution is -2.35. The molecule has 0 aliphatic carbocycles. The highest BCUT2D eigenvalue weighted by Crippen LogP contribution is 2.30. The first-order valence-corrected chi connectivity index (χ1v) is 12.2. The molecule has 1 aliphatic rings. The first-order valence-electron chi connectivity index (χ1n) is 10.7. The molecule has 30 heavy (non-hydrogen) atoms. The van der Waals surface area contributed by atoms with Gasteiger partial charge < -0.3 is 4.74 Å². The monoisotopic (exact) mass is 430 g/mol. The summed E-state index contributed by atoms with van der Waals surface area (Å²) in [7, 11) is -1.93. The van der Waals surface area contributed by atoms with Gasteiger partial charge in [0.05, 0.1) is 12.0 Å². The fourth-order valence-electron chi connectivity index (χ4n) is 4.39. The lowest BCUT2D eigenvalue weighted by Gasteiger charge is -2.32. The van der Waals surface area contributed by atoms with Crippen LogP contribution in [-0.2, 0) is 16.6 Å². The second kappa shape index (κ2) is 9.94. The van der Waals surface area contributed by atoms with Gasteiger partial charge in [0.2, 0.25) is 10.0 Å². The second-order valence-electron chi connectivity index (χ2n) is 8.37. The van der Waals surface area contributed by atoms with Gasteiger partial charge in [-0.25, -0.2) is 13.1 Å². The number of benzene rings is 2. The molecule has 164 valence electrons. The SMILES string of the molecule is COc1cc(C)c(S(=O)(=O)NCCC2CCN(Cc3ccccc3)CC2)c(C)c1C. The maximum absolute atomic E-state index is 13.0. The molecule has 0 bridgehead atoms. The summed E-state index contributed by atoms with van der Waals surface area (Å²) in [6.07, 6.45) is 3.12. The van der Waals surface area contributed by atoms with Gasteiger partial charge in [-0.3, -0.25) is 4.90 Å². The Kier molecular flexibility index (Phi) is 7.55. The third kappa shape index (κ3) is 5.42. The minimum atomic E-state index is -3.54. The van der Waals surface area contributed by atoms with Gasteiger partial charge in [-0.15, -0.1) is 0 Å². The molecule has 5 nitrogen and oxygen atoms in total. The van der Waals surface area contributed by atoms with E-state index in [-0.39, 0.29) is 0 Å². The lowest BCUT2D eigenvalue weighted by molar-refractivity contribution is 0.173. The number of piperidine rings is 1. The van der Waals surface area contributed by atoms with Gasteiger partial charge in [0.1, 0.15) is 5.75 Å². The van der Waals surface area contributed by atoms with Gasteiger partial charge in [0.15, 0.2) is 0 Å². The van der Waals surface area contributed by atoms with E-state index in [4.69, 9.17) is 4.74 Å². The zero-order valence-corrected chi connectivity index (χ0v) is 19.4. The molecular formula is C24H34N2O3S. The van der Waals surface area contributed by atoms with Gasteiger partial charge in [-0.1, -0.05) is 30.3 Å². The molecule has 2 aromatic carbocycles. The van der Waals surface area contributed by atoms with E-state index < -0.39 is 10.0 Å². The van der Waals surface area contributed by atoms with Crippen molar-refractivity contribution in [2.45, 2.75) is 51.5 Å². The topological polar surface area (TPSA) is 58.6 Å². The normalized spacial score (nSPS) is 16.0. The predicted molar refractivity (Wildman–Crippen MR) is 121 cm³/mol. The highest BCUT2D eigenvalue weighted by molar-refractivity contribution is 7.89. The summed E-state index contributed by atoms with van der Waals surface area (Å²) >= 11 is 0.